The number of amides is 1. The lowest BCUT2D eigenvalue weighted by Gasteiger charge is -2.31. The van der Waals surface area contributed by atoms with Crippen LogP contribution in [0.1, 0.15) is 18.9 Å². The van der Waals surface area contributed by atoms with Crippen LogP contribution >= 0.6 is 23.2 Å². The van der Waals surface area contributed by atoms with Gasteiger partial charge in [0.1, 0.15) is 5.75 Å². The third kappa shape index (κ3) is 5.19. The maximum atomic E-state index is 13.2. The third-order valence-corrected chi connectivity index (χ3v) is 7.00. The zero-order valence-electron chi connectivity index (χ0n) is 15.3. The van der Waals surface area contributed by atoms with Gasteiger partial charge < -0.3 is 9.64 Å². The minimum absolute atomic E-state index is 0.0366. The standard InChI is InChI=1S/C20H21Cl2NO4S/c1-14(27-19-5-3-2-4-18(19)22)20(24)23(17-10-11-28(25,26)13-17)12-15-6-8-16(21)9-7-15/h2-9,14,17H,10-13H2,1H3. The minimum atomic E-state index is -3.14. The van der Waals surface area contributed by atoms with Crippen LogP contribution in [0, 0.1) is 0 Å². The fourth-order valence-electron chi connectivity index (χ4n) is 3.21. The minimum Gasteiger partial charge on any atom is -0.479 e. The highest BCUT2D eigenvalue weighted by Crippen LogP contribution is 2.26. The Labute approximate surface area is 175 Å². The number of carbonyl (C=O) groups is 1. The molecule has 1 amide bonds. The molecule has 1 saturated heterocycles. The third-order valence-electron chi connectivity index (χ3n) is 4.69. The second-order valence-electron chi connectivity index (χ2n) is 6.84. The van der Waals surface area contributed by atoms with Crippen LogP contribution in [0.4, 0.5) is 0 Å². The van der Waals surface area contributed by atoms with Crippen molar-refractivity contribution in [2.24, 2.45) is 0 Å². The van der Waals surface area contributed by atoms with Crippen LogP contribution in [-0.2, 0) is 21.2 Å². The predicted octanol–water partition coefficient (Wildman–Crippen LogP) is 3.98. The number of benzene rings is 2. The summed E-state index contributed by atoms with van der Waals surface area (Å²) in [6.45, 7) is 1.93. The first-order valence-corrected chi connectivity index (χ1v) is 11.5. The van der Waals surface area contributed by atoms with Gasteiger partial charge in [0.25, 0.3) is 5.91 Å². The maximum absolute atomic E-state index is 13.2. The number of hydrogen-bond donors (Lipinski definition) is 0. The summed E-state index contributed by atoms with van der Waals surface area (Å²) in [6.07, 6.45) is -0.393. The monoisotopic (exact) mass is 441 g/mol. The largest absolute Gasteiger partial charge is 0.479 e. The van der Waals surface area contributed by atoms with Crippen LogP contribution < -0.4 is 4.74 Å². The van der Waals surface area contributed by atoms with E-state index in [1.165, 1.54) is 0 Å². The summed E-state index contributed by atoms with van der Waals surface area (Å²) in [5.41, 5.74) is 0.868. The molecule has 28 heavy (non-hydrogen) atoms. The van der Waals surface area contributed by atoms with E-state index in [0.717, 1.165) is 5.56 Å². The molecule has 3 rings (SSSR count). The predicted molar refractivity (Wildman–Crippen MR) is 111 cm³/mol. The van der Waals surface area contributed by atoms with E-state index < -0.39 is 15.9 Å². The number of halogens is 2. The fourth-order valence-corrected chi connectivity index (χ4v) is 5.25. The summed E-state index contributed by atoms with van der Waals surface area (Å²) in [6, 6.07) is 13.7. The van der Waals surface area contributed by atoms with E-state index in [1.54, 1.807) is 48.2 Å². The summed E-state index contributed by atoms with van der Waals surface area (Å²) in [5, 5.41) is 1.01. The number of para-hydroxylation sites is 1. The highest BCUT2D eigenvalue weighted by Gasteiger charge is 2.36. The van der Waals surface area contributed by atoms with Gasteiger partial charge in [-0.3, -0.25) is 4.79 Å². The molecule has 2 aromatic rings. The number of ether oxygens (including phenoxy) is 1. The Balaban J connectivity index is 1.81. The average molecular weight is 442 g/mol. The quantitative estimate of drug-likeness (QED) is 0.679. The van der Waals surface area contributed by atoms with Gasteiger partial charge in [0, 0.05) is 17.6 Å². The van der Waals surface area contributed by atoms with Crippen molar-refractivity contribution in [3.8, 4) is 5.75 Å². The van der Waals surface area contributed by atoms with Crippen molar-refractivity contribution in [2.45, 2.75) is 32.0 Å². The van der Waals surface area contributed by atoms with Crippen molar-refractivity contribution >= 4 is 38.9 Å². The SMILES string of the molecule is CC(Oc1ccccc1Cl)C(=O)N(Cc1ccc(Cl)cc1)C1CCS(=O)(=O)C1. The number of nitrogens with zero attached hydrogens (tertiary/aromatic N) is 1. The fraction of sp³-hybridized carbons (Fsp3) is 0.350. The molecule has 150 valence electrons. The van der Waals surface area contributed by atoms with Crippen molar-refractivity contribution in [2.75, 3.05) is 11.5 Å². The summed E-state index contributed by atoms with van der Waals surface area (Å²) >= 11 is 12.1. The Morgan fingerprint density at radius 3 is 2.46 bits per heavy atom. The van der Waals surface area contributed by atoms with E-state index in [2.05, 4.69) is 0 Å². The Hall–Kier alpha value is -1.76. The van der Waals surface area contributed by atoms with E-state index in [9.17, 15) is 13.2 Å². The van der Waals surface area contributed by atoms with Gasteiger partial charge in [0.15, 0.2) is 15.9 Å². The molecule has 2 atom stereocenters. The first kappa shape index (κ1) is 21.0. The lowest BCUT2D eigenvalue weighted by molar-refractivity contribution is -0.140. The molecule has 0 radical (unpaired) electrons. The van der Waals surface area contributed by atoms with Crippen LogP contribution in [0.3, 0.4) is 0 Å². The summed E-state index contributed by atoms with van der Waals surface area (Å²) in [5.74, 6) is 0.180. The van der Waals surface area contributed by atoms with Crippen LogP contribution in [-0.4, -0.2) is 42.9 Å². The van der Waals surface area contributed by atoms with Crippen molar-refractivity contribution < 1.29 is 17.9 Å². The zero-order valence-corrected chi connectivity index (χ0v) is 17.7. The maximum Gasteiger partial charge on any atom is 0.263 e. The average Bonchev–Trinajstić information content (AvgIpc) is 3.02. The summed E-state index contributed by atoms with van der Waals surface area (Å²) in [7, 11) is -3.14. The molecule has 1 heterocycles. The molecule has 1 fully saturated rings. The first-order valence-electron chi connectivity index (χ1n) is 8.92. The van der Waals surface area contributed by atoms with Crippen LogP contribution in [0.5, 0.6) is 5.75 Å². The zero-order chi connectivity index (χ0) is 20.3. The molecule has 1 aliphatic rings. The van der Waals surface area contributed by atoms with E-state index in [0.29, 0.717) is 22.2 Å². The van der Waals surface area contributed by atoms with Crippen molar-refractivity contribution in [3.63, 3.8) is 0 Å². The number of rotatable bonds is 6. The summed E-state index contributed by atoms with van der Waals surface area (Å²) in [4.78, 5) is 14.8. The number of hydrogen-bond acceptors (Lipinski definition) is 4. The molecule has 8 heteroatoms. The van der Waals surface area contributed by atoms with Gasteiger partial charge in [-0.2, -0.15) is 0 Å². The summed E-state index contributed by atoms with van der Waals surface area (Å²) < 4.78 is 29.7. The van der Waals surface area contributed by atoms with E-state index in [-0.39, 0.29) is 30.0 Å². The van der Waals surface area contributed by atoms with Crippen molar-refractivity contribution in [1.82, 2.24) is 4.90 Å². The van der Waals surface area contributed by atoms with Gasteiger partial charge in [-0.1, -0.05) is 47.5 Å². The van der Waals surface area contributed by atoms with Gasteiger partial charge in [0.05, 0.1) is 16.5 Å². The topological polar surface area (TPSA) is 63.7 Å². The molecular weight excluding hydrogens is 421 g/mol. The van der Waals surface area contributed by atoms with Gasteiger partial charge in [-0.15, -0.1) is 0 Å². The lowest BCUT2D eigenvalue weighted by atomic mass is 10.1. The van der Waals surface area contributed by atoms with E-state index in [1.807, 2.05) is 12.1 Å². The number of sulfone groups is 1. The van der Waals surface area contributed by atoms with Crippen LogP contribution in [0.25, 0.3) is 0 Å². The Morgan fingerprint density at radius 2 is 1.86 bits per heavy atom. The lowest BCUT2D eigenvalue weighted by Crippen LogP contribution is -2.46. The molecule has 0 N–H and O–H groups in total. The highest BCUT2D eigenvalue weighted by atomic mass is 35.5. The van der Waals surface area contributed by atoms with E-state index >= 15 is 0 Å². The van der Waals surface area contributed by atoms with E-state index in [4.69, 9.17) is 27.9 Å². The van der Waals surface area contributed by atoms with Gasteiger partial charge in [-0.05, 0) is 43.2 Å². The van der Waals surface area contributed by atoms with Crippen LogP contribution in [0.2, 0.25) is 10.0 Å². The van der Waals surface area contributed by atoms with Crippen LogP contribution in [0.15, 0.2) is 48.5 Å². The molecule has 0 spiro atoms. The molecule has 2 unspecified atom stereocenters. The molecular formula is C20H21Cl2NO4S. The second kappa shape index (κ2) is 8.72. The first-order chi connectivity index (χ1) is 13.2. The molecule has 0 aliphatic carbocycles. The van der Waals surface area contributed by atoms with Gasteiger partial charge in [-0.25, -0.2) is 8.42 Å². The highest BCUT2D eigenvalue weighted by molar-refractivity contribution is 7.91. The molecule has 5 nitrogen and oxygen atoms in total. The van der Waals surface area contributed by atoms with Gasteiger partial charge >= 0.3 is 0 Å². The molecule has 2 aromatic carbocycles. The number of carbonyl (C=O) groups excluding carboxylic acids is 1. The Bertz CT molecular complexity index is 947. The molecule has 0 bridgehead atoms. The molecule has 1 aliphatic heterocycles. The van der Waals surface area contributed by atoms with Crippen molar-refractivity contribution in [3.05, 3.63) is 64.1 Å². The normalized spacial score (nSPS) is 19.2. The Morgan fingerprint density at radius 1 is 1.18 bits per heavy atom. The molecule has 0 aromatic heterocycles. The second-order valence-corrected chi connectivity index (χ2v) is 9.91. The van der Waals surface area contributed by atoms with Gasteiger partial charge in [0.2, 0.25) is 0 Å². The smallest absolute Gasteiger partial charge is 0.263 e. The Kier molecular flexibility index (Phi) is 6.53. The van der Waals surface area contributed by atoms with Crippen molar-refractivity contribution in [1.29, 1.82) is 0 Å². The molecule has 0 saturated carbocycles.